The third-order valence-corrected chi connectivity index (χ3v) is 5.77. The van der Waals surface area contributed by atoms with Crippen molar-refractivity contribution in [1.29, 1.82) is 5.26 Å². The summed E-state index contributed by atoms with van der Waals surface area (Å²) >= 11 is 0. The largest absolute Gasteiger partial charge is 0.371 e. The van der Waals surface area contributed by atoms with Gasteiger partial charge in [-0.1, -0.05) is 0 Å². The summed E-state index contributed by atoms with van der Waals surface area (Å²) in [5, 5.41) is 26.0. The fraction of sp³-hybridized carbons (Fsp3) is 0.350. The molecule has 4 aromatic heterocycles. The van der Waals surface area contributed by atoms with E-state index in [1.807, 2.05) is 47.9 Å². The summed E-state index contributed by atoms with van der Waals surface area (Å²) in [7, 11) is 3.74. The Morgan fingerprint density at radius 1 is 1.24 bits per heavy atom. The van der Waals surface area contributed by atoms with Crippen molar-refractivity contribution in [2.75, 3.05) is 12.4 Å². The first-order valence-electron chi connectivity index (χ1n) is 9.62. The molecule has 5 rings (SSSR count). The topological polar surface area (TPSA) is 102 Å². The van der Waals surface area contributed by atoms with Crippen molar-refractivity contribution in [3.8, 4) is 28.6 Å². The first-order valence-corrected chi connectivity index (χ1v) is 9.62. The Morgan fingerprint density at radius 2 is 2.10 bits per heavy atom. The van der Waals surface area contributed by atoms with Crippen molar-refractivity contribution in [2.24, 2.45) is 7.05 Å². The van der Waals surface area contributed by atoms with Gasteiger partial charge in [0.25, 0.3) is 0 Å². The number of rotatable bonds is 5. The van der Waals surface area contributed by atoms with E-state index in [2.05, 4.69) is 21.6 Å². The highest BCUT2D eigenvalue weighted by Gasteiger charge is 2.40. The smallest absolute Gasteiger partial charge is 0.157 e. The zero-order valence-electron chi connectivity index (χ0n) is 16.4. The van der Waals surface area contributed by atoms with E-state index in [4.69, 9.17) is 10.1 Å². The zero-order valence-corrected chi connectivity index (χ0v) is 16.4. The van der Waals surface area contributed by atoms with E-state index in [0.29, 0.717) is 6.42 Å². The molecule has 0 atom stereocenters. The highest BCUT2D eigenvalue weighted by molar-refractivity contribution is 5.84. The fourth-order valence-electron chi connectivity index (χ4n) is 4.01. The van der Waals surface area contributed by atoms with Crippen LogP contribution >= 0.6 is 0 Å². The first-order chi connectivity index (χ1) is 14.1. The van der Waals surface area contributed by atoms with Crippen LogP contribution in [0.1, 0.15) is 25.7 Å². The molecule has 1 aliphatic carbocycles. The van der Waals surface area contributed by atoms with Gasteiger partial charge in [-0.3, -0.25) is 9.36 Å². The molecule has 1 N–H and O–H groups in total. The maximum absolute atomic E-state index is 9.32. The average molecular weight is 387 g/mol. The van der Waals surface area contributed by atoms with Crippen molar-refractivity contribution in [2.45, 2.75) is 31.2 Å². The SMILES string of the molecule is CNc1nn(C2(CC#N)CCC2)cc1-c1nc(-c2cnn(C)c2)cn2nccc12. The number of nitriles is 1. The lowest BCUT2D eigenvalue weighted by Crippen LogP contribution is -2.40. The van der Waals surface area contributed by atoms with Crippen molar-refractivity contribution in [3.05, 3.63) is 37.1 Å². The lowest BCUT2D eigenvalue weighted by molar-refractivity contribution is 0.130. The van der Waals surface area contributed by atoms with Crippen LogP contribution in [-0.2, 0) is 12.6 Å². The molecular formula is C20H21N9. The third kappa shape index (κ3) is 2.68. The highest BCUT2D eigenvalue weighted by atomic mass is 15.4. The minimum absolute atomic E-state index is 0.212. The molecule has 0 spiro atoms. The number of fused-ring (bicyclic) bond motifs is 1. The Balaban J connectivity index is 1.69. The Kier molecular flexibility index (Phi) is 3.87. The van der Waals surface area contributed by atoms with Crippen LogP contribution in [0.25, 0.3) is 28.0 Å². The summed E-state index contributed by atoms with van der Waals surface area (Å²) in [6, 6.07) is 4.28. The van der Waals surface area contributed by atoms with E-state index < -0.39 is 0 Å². The quantitative estimate of drug-likeness (QED) is 0.565. The Morgan fingerprint density at radius 3 is 2.76 bits per heavy atom. The lowest BCUT2D eigenvalue weighted by atomic mass is 9.75. The van der Waals surface area contributed by atoms with Gasteiger partial charge in [0.05, 0.1) is 53.4 Å². The summed E-state index contributed by atoms with van der Waals surface area (Å²) in [6.45, 7) is 0. The van der Waals surface area contributed by atoms with Crippen molar-refractivity contribution >= 4 is 11.3 Å². The van der Waals surface area contributed by atoms with E-state index in [1.54, 1.807) is 17.1 Å². The molecule has 4 aromatic rings. The van der Waals surface area contributed by atoms with Gasteiger partial charge in [0.15, 0.2) is 5.82 Å². The second-order valence-corrected chi connectivity index (χ2v) is 7.54. The Bertz CT molecular complexity index is 1230. The number of aryl methyl sites for hydroxylation is 1. The second kappa shape index (κ2) is 6.44. The Hall–Kier alpha value is -3.67. The summed E-state index contributed by atoms with van der Waals surface area (Å²) in [5.41, 5.74) is 4.09. The van der Waals surface area contributed by atoms with Gasteiger partial charge in [-0.2, -0.15) is 20.6 Å². The summed E-state index contributed by atoms with van der Waals surface area (Å²) in [4.78, 5) is 4.95. The normalized spacial score (nSPS) is 15.2. The molecular weight excluding hydrogens is 366 g/mol. The van der Waals surface area contributed by atoms with Crippen LogP contribution in [0.15, 0.2) is 37.1 Å². The molecule has 0 radical (unpaired) electrons. The molecule has 29 heavy (non-hydrogen) atoms. The maximum Gasteiger partial charge on any atom is 0.157 e. The molecule has 0 saturated heterocycles. The van der Waals surface area contributed by atoms with Gasteiger partial charge in [-0.05, 0) is 25.3 Å². The van der Waals surface area contributed by atoms with E-state index in [-0.39, 0.29) is 5.54 Å². The van der Waals surface area contributed by atoms with Crippen molar-refractivity contribution < 1.29 is 0 Å². The first kappa shape index (κ1) is 17.4. The summed E-state index contributed by atoms with van der Waals surface area (Å²) in [5.74, 6) is 0.744. The van der Waals surface area contributed by atoms with Crippen LogP contribution < -0.4 is 5.32 Å². The third-order valence-electron chi connectivity index (χ3n) is 5.77. The van der Waals surface area contributed by atoms with E-state index in [1.165, 1.54) is 0 Å². The van der Waals surface area contributed by atoms with Crippen LogP contribution in [0.3, 0.4) is 0 Å². The van der Waals surface area contributed by atoms with E-state index >= 15 is 0 Å². The van der Waals surface area contributed by atoms with Gasteiger partial charge in [-0.15, -0.1) is 0 Å². The van der Waals surface area contributed by atoms with Gasteiger partial charge in [0, 0.05) is 32.1 Å². The Labute approximate surface area is 167 Å². The molecule has 9 nitrogen and oxygen atoms in total. The molecule has 1 fully saturated rings. The number of hydrogen-bond donors (Lipinski definition) is 1. The van der Waals surface area contributed by atoms with Crippen LogP contribution in [0, 0.1) is 11.3 Å². The number of hydrogen-bond acceptors (Lipinski definition) is 6. The fourth-order valence-corrected chi connectivity index (χ4v) is 4.01. The van der Waals surface area contributed by atoms with Crippen LogP contribution in [0.5, 0.6) is 0 Å². The van der Waals surface area contributed by atoms with Gasteiger partial charge in [0.2, 0.25) is 0 Å². The summed E-state index contributed by atoms with van der Waals surface area (Å²) in [6.07, 6.45) is 12.9. The molecule has 0 aliphatic heterocycles. The molecule has 0 unspecified atom stereocenters. The number of aromatic nitrogens is 7. The highest BCUT2D eigenvalue weighted by Crippen LogP contribution is 2.43. The van der Waals surface area contributed by atoms with Crippen molar-refractivity contribution in [1.82, 2.24) is 34.2 Å². The zero-order chi connectivity index (χ0) is 20.0. The molecule has 0 amide bonds. The number of anilines is 1. The minimum Gasteiger partial charge on any atom is -0.371 e. The van der Waals surface area contributed by atoms with E-state index in [9.17, 15) is 5.26 Å². The minimum atomic E-state index is -0.212. The second-order valence-electron chi connectivity index (χ2n) is 7.54. The van der Waals surface area contributed by atoms with Crippen LogP contribution in [0.2, 0.25) is 0 Å². The molecule has 1 saturated carbocycles. The summed E-state index contributed by atoms with van der Waals surface area (Å²) < 4.78 is 5.55. The van der Waals surface area contributed by atoms with Crippen LogP contribution in [-0.4, -0.2) is 41.2 Å². The monoisotopic (exact) mass is 387 g/mol. The number of nitrogens with one attached hydrogen (secondary N) is 1. The maximum atomic E-state index is 9.32. The predicted octanol–water partition coefficient (Wildman–Crippen LogP) is 2.83. The van der Waals surface area contributed by atoms with Gasteiger partial charge in [0.1, 0.15) is 5.69 Å². The molecule has 4 heterocycles. The average Bonchev–Trinajstić information content (AvgIpc) is 3.42. The van der Waals surface area contributed by atoms with Gasteiger partial charge < -0.3 is 5.32 Å². The van der Waals surface area contributed by atoms with Crippen molar-refractivity contribution in [3.63, 3.8) is 0 Å². The number of nitrogens with zero attached hydrogens (tertiary/aromatic N) is 8. The predicted molar refractivity (Wildman–Crippen MR) is 108 cm³/mol. The molecule has 1 aliphatic rings. The molecule has 0 bridgehead atoms. The molecule has 146 valence electrons. The van der Waals surface area contributed by atoms with Crippen LogP contribution in [0.4, 0.5) is 5.82 Å². The van der Waals surface area contributed by atoms with E-state index in [0.717, 1.165) is 53.1 Å². The van der Waals surface area contributed by atoms with Gasteiger partial charge in [-0.25, -0.2) is 9.50 Å². The molecule has 0 aromatic carbocycles. The lowest BCUT2D eigenvalue weighted by Gasteiger charge is -2.40. The standard InChI is InChI=1S/C20H21N9/c1-22-19-15(12-29(26-19)20(7-8-21)5-3-6-20)18-17-4-9-23-28(17)13-16(25-18)14-10-24-27(2)11-14/h4,9-13H,3,5-7H2,1-2H3,(H,22,26). The molecule has 9 heteroatoms. The van der Waals surface area contributed by atoms with Gasteiger partial charge >= 0.3 is 0 Å².